The van der Waals surface area contributed by atoms with Crippen molar-refractivity contribution in [3.05, 3.63) is 24.3 Å². The van der Waals surface area contributed by atoms with Crippen LogP contribution in [0.25, 0.3) is 0 Å². The number of unbranched alkanes of at least 4 members (excludes halogenated alkanes) is 1. The first kappa shape index (κ1) is 9.05. The van der Waals surface area contributed by atoms with Crippen LogP contribution in [0.4, 0.5) is 0 Å². The second-order valence-electron chi connectivity index (χ2n) is 4.97. The topological polar surface area (TPSA) is 0 Å². The predicted octanol–water partition coefficient (Wildman–Crippen LogP) is 3.95. The maximum Gasteiger partial charge on any atom is -0.0135 e. The van der Waals surface area contributed by atoms with E-state index in [1.165, 1.54) is 25.7 Å². The normalized spacial score (nSPS) is 42.3. The molecule has 2 rings (SSSR count). The molecule has 0 amide bonds. The number of rotatable bonds is 3. The number of hydrogen-bond donors (Lipinski definition) is 0. The smallest absolute Gasteiger partial charge is 0.0135 e. The summed E-state index contributed by atoms with van der Waals surface area (Å²) in [6.07, 6.45) is 15.0. The van der Waals surface area contributed by atoms with Gasteiger partial charge in [-0.1, -0.05) is 44.6 Å². The van der Waals surface area contributed by atoms with E-state index in [1.54, 1.807) is 0 Å². The summed E-state index contributed by atoms with van der Waals surface area (Å²) in [4.78, 5) is 0. The lowest BCUT2D eigenvalue weighted by molar-refractivity contribution is 0.438. The van der Waals surface area contributed by atoms with Gasteiger partial charge in [0.05, 0.1) is 0 Å². The SMILES string of the molecule is CCCC=CC1CC2(C)C=CC1C2. The van der Waals surface area contributed by atoms with Crippen molar-refractivity contribution in [2.45, 2.75) is 39.5 Å². The molecular weight excluding hydrogens is 156 g/mol. The Labute approximate surface area is 81.7 Å². The molecule has 1 saturated carbocycles. The first-order valence-electron chi connectivity index (χ1n) is 5.59. The molecule has 0 heteroatoms. The van der Waals surface area contributed by atoms with Gasteiger partial charge in [0, 0.05) is 0 Å². The van der Waals surface area contributed by atoms with Crippen molar-refractivity contribution in [2.75, 3.05) is 0 Å². The Morgan fingerprint density at radius 2 is 2.31 bits per heavy atom. The zero-order valence-corrected chi connectivity index (χ0v) is 8.79. The molecule has 0 aromatic heterocycles. The standard InChI is InChI=1S/C13H20/c1-3-4-5-6-11-9-13(2)8-7-12(11)10-13/h5-8,11-12H,3-4,9-10H2,1-2H3. The Balaban J connectivity index is 1.94. The second-order valence-corrected chi connectivity index (χ2v) is 4.97. The Morgan fingerprint density at radius 3 is 2.85 bits per heavy atom. The minimum absolute atomic E-state index is 0.548. The van der Waals surface area contributed by atoms with Gasteiger partial charge >= 0.3 is 0 Å². The summed E-state index contributed by atoms with van der Waals surface area (Å²) in [5.74, 6) is 1.71. The molecular formula is C13H20. The Kier molecular flexibility index (Phi) is 2.31. The molecule has 0 spiro atoms. The zero-order valence-electron chi connectivity index (χ0n) is 8.79. The van der Waals surface area contributed by atoms with Crippen LogP contribution in [0.2, 0.25) is 0 Å². The quantitative estimate of drug-likeness (QED) is 0.571. The number of hydrogen-bond acceptors (Lipinski definition) is 0. The van der Waals surface area contributed by atoms with Crippen molar-refractivity contribution in [2.24, 2.45) is 17.3 Å². The zero-order chi connectivity index (χ0) is 9.31. The monoisotopic (exact) mass is 176 g/mol. The van der Waals surface area contributed by atoms with E-state index in [2.05, 4.69) is 38.2 Å². The third kappa shape index (κ3) is 1.72. The Hall–Kier alpha value is -0.520. The molecule has 3 unspecified atom stereocenters. The van der Waals surface area contributed by atoms with Crippen LogP contribution < -0.4 is 0 Å². The fourth-order valence-electron chi connectivity index (χ4n) is 2.81. The van der Waals surface area contributed by atoms with E-state index >= 15 is 0 Å². The van der Waals surface area contributed by atoms with E-state index in [0.29, 0.717) is 5.41 Å². The maximum absolute atomic E-state index is 2.46. The highest BCUT2D eigenvalue weighted by molar-refractivity contribution is 5.19. The number of fused-ring (bicyclic) bond motifs is 2. The molecule has 0 aromatic carbocycles. The summed E-state index contributed by atoms with van der Waals surface area (Å²) in [7, 11) is 0. The van der Waals surface area contributed by atoms with E-state index < -0.39 is 0 Å². The average molecular weight is 176 g/mol. The van der Waals surface area contributed by atoms with Crippen molar-refractivity contribution < 1.29 is 0 Å². The predicted molar refractivity (Wildman–Crippen MR) is 57.5 cm³/mol. The molecule has 0 radical (unpaired) electrons. The van der Waals surface area contributed by atoms with Gasteiger partial charge in [0.2, 0.25) is 0 Å². The Morgan fingerprint density at radius 1 is 1.46 bits per heavy atom. The van der Waals surface area contributed by atoms with Gasteiger partial charge in [-0.3, -0.25) is 0 Å². The van der Waals surface area contributed by atoms with Crippen LogP contribution in [0.3, 0.4) is 0 Å². The van der Waals surface area contributed by atoms with Gasteiger partial charge < -0.3 is 0 Å². The molecule has 72 valence electrons. The highest BCUT2D eigenvalue weighted by atomic mass is 14.5. The van der Waals surface area contributed by atoms with Crippen LogP contribution >= 0.6 is 0 Å². The minimum Gasteiger partial charge on any atom is -0.0882 e. The van der Waals surface area contributed by atoms with E-state index in [-0.39, 0.29) is 0 Å². The van der Waals surface area contributed by atoms with Crippen LogP contribution in [-0.4, -0.2) is 0 Å². The summed E-state index contributed by atoms with van der Waals surface area (Å²) >= 11 is 0. The molecule has 2 aliphatic carbocycles. The molecule has 13 heavy (non-hydrogen) atoms. The maximum atomic E-state index is 2.46. The van der Waals surface area contributed by atoms with Crippen LogP contribution in [0.5, 0.6) is 0 Å². The average Bonchev–Trinajstić information content (AvgIpc) is 2.60. The van der Waals surface area contributed by atoms with Gasteiger partial charge in [0.1, 0.15) is 0 Å². The molecule has 2 bridgehead atoms. The van der Waals surface area contributed by atoms with Gasteiger partial charge in [-0.15, -0.1) is 0 Å². The van der Waals surface area contributed by atoms with Gasteiger partial charge in [0.25, 0.3) is 0 Å². The second kappa shape index (κ2) is 3.32. The lowest BCUT2D eigenvalue weighted by Crippen LogP contribution is -2.08. The van der Waals surface area contributed by atoms with Crippen LogP contribution in [-0.2, 0) is 0 Å². The van der Waals surface area contributed by atoms with Crippen molar-refractivity contribution in [1.82, 2.24) is 0 Å². The molecule has 0 nitrogen and oxygen atoms in total. The minimum atomic E-state index is 0.548. The molecule has 0 N–H and O–H groups in total. The summed E-state index contributed by atoms with van der Waals surface area (Å²) in [6, 6.07) is 0. The van der Waals surface area contributed by atoms with Crippen LogP contribution in [0.15, 0.2) is 24.3 Å². The van der Waals surface area contributed by atoms with Crippen molar-refractivity contribution in [3.63, 3.8) is 0 Å². The lowest BCUT2D eigenvalue weighted by Gasteiger charge is -2.19. The van der Waals surface area contributed by atoms with Gasteiger partial charge in [-0.05, 0) is 36.5 Å². The fraction of sp³-hybridized carbons (Fsp3) is 0.692. The fourth-order valence-corrected chi connectivity index (χ4v) is 2.81. The van der Waals surface area contributed by atoms with E-state index in [0.717, 1.165) is 11.8 Å². The molecule has 3 atom stereocenters. The van der Waals surface area contributed by atoms with Gasteiger partial charge in [-0.25, -0.2) is 0 Å². The molecule has 2 aliphatic rings. The van der Waals surface area contributed by atoms with Crippen LogP contribution in [0.1, 0.15) is 39.5 Å². The van der Waals surface area contributed by atoms with Crippen molar-refractivity contribution >= 4 is 0 Å². The molecule has 0 aliphatic heterocycles. The lowest BCUT2D eigenvalue weighted by atomic mass is 9.86. The molecule has 0 aromatic rings. The number of allylic oxidation sites excluding steroid dienone is 4. The summed E-state index contributed by atoms with van der Waals surface area (Å²) in [6.45, 7) is 4.64. The molecule has 1 fully saturated rings. The van der Waals surface area contributed by atoms with Crippen molar-refractivity contribution in [1.29, 1.82) is 0 Å². The first-order valence-corrected chi connectivity index (χ1v) is 5.59. The van der Waals surface area contributed by atoms with E-state index in [1.807, 2.05) is 0 Å². The van der Waals surface area contributed by atoms with E-state index in [4.69, 9.17) is 0 Å². The third-order valence-electron chi connectivity index (χ3n) is 3.54. The van der Waals surface area contributed by atoms with Crippen molar-refractivity contribution in [3.8, 4) is 0 Å². The highest BCUT2D eigenvalue weighted by Crippen LogP contribution is 2.52. The largest absolute Gasteiger partial charge is 0.0882 e. The van der Waals surface area contributed by atoms with Crippen LogP contribution in [0, 0.1) is 17.3 Å². The summed E-state index contributed by atoms with van der Waals surface area (Å²) < 4.78 is 0. The van der Waals surface area contributed by atoms with Gasteiger partial charge in [-0.2, -0.15) is 0 Å². The molecule has 0 saturated heterocycles. The van der Waals surface area contributed by atoms with E-state index in [9.17, 15) is 0 Å². The summed E-state index contributed by atoms with van der Waals surface area (Å²) in [5.41, 5.74) is 0.548. The highest BCUT2D eigenvalue weighted by Gasteiger charge is 2.42. The van der Waals surface area contributed by atoms with Gasteiger partial charge in [0.15, 0.2) is 0 Å². The molecule has 0 heterocycles. The first-order chi connectivity index (χ1) is 6.23. The Bertz CT molecular complexity index is 236. The third-order valence-corrected chi connectivity index (χ3v) is 3.54. The summed E-state index contributed by atoms with van der Waals surface area (Å²) in [5, 5.41) is 0.